The molecule has 0 saturated heterocycles. The summed E-state index contributed by atoms with van der Waals surface area (Å²) in [7, 11) is 0. The summed E-state index contributed by atoms with van der Waals surface area (Å²) in [6.07, 6.45) is 12.4. The summed E-state index contributed by atoms with van der Waals surface area (Å²) in [5, 5.41) is 2.26. The van der Waals surface area contributed by atoms with E-state index >= 15 is 0 Å². The third kappa shape index (κ3) is 8.57. The van der Waals surface area contributed by atoms with Crippen molar-refractivity contribution in [2.45, 2.75) is 62.7 Å². The third-order valence-electron chi connectivity index (χ3n) is 12.4. The van der Waals surface area contributed by atoms with Crippen LogP contribution in [0.5, 0.6) is 0 Å². The molecule has 3 aliphatic rings. The summed E-state index contributed by atoms with van der Waals surface area (Å²) in [4.78, 5) is 9.44. The molecule has 3 fully saturated rings. The van der Waals surface area contributed by atoms with Gasteiger partial charge in [0.25, 0.3) is 0 Å². The minimum absolute atomic E-state index is 0. The average molecular weight is 996 g/mol. The average Bonchev–Trinajstić information content (AvgIpc) is 3.63. The van der Waals surface area contributed by atoms with Crippen molar-refractivity contribution < 1.29 is 24.5 Å². The molecule has 1 unspecified atom stereocenters. The van der Waals surface area contributed by atoms with Gasteiger partial charge in [-0.25, -0.2) is 0 Å². The normalized spacial score (nSPS) is 17.4. The van der Waals surface area contributed by atoms with E-state index in [1.807, 2.05) is 24.4 Å². The van der Waals surface area contributed by atoms with Gasteiger partial charge in [-0.15, -0.1) is 18.2 Å². The Kier molecular flexibility index (Phi) is 12.0. The number of rotatable bonds is 7. The molecule has 2 bridgehead atoms. The first-order valence-electron chi connectivity index (χ1n) is 20.7. The molecule has 1 radical (unpaired) electrons. The van der Waals surface area contributed by atoms with E-state index in [9.17, 15) is 0 Å². The molecular formula is C53H50GeIrN2O-2. The summed E-state index contributed by atoms with van der Waals surface area (Å²) in [6, 6.07) is 51.3. The molecule has 3 aliphatic carbocycles. The number of hydrogen-bond donors (Lipinski definition) is 0. The minimum Gasteiger partial charge on any atom is -0.501 e. The van der Waals surface area contributed by atoms with Crippen LogP contribution in [0.25, 0.3) is 66.7 Å². The molecule has 1 atom stereocenters. The van der Waals surface area contributed by atoms with Crippen molar-refractivity contribution in [1.29, 1.82) is 0 Å². The topological polar surface area (TPSA) is 38.9 Å². The number of hydrogen-bond acceptors (Lipinski definition) is 3. The molecule has 0 amide bonds. The summed E-state index contributed by atoms with van der Waals surface area (Å²) in [6.45, 7) is 2.20. The Labute approximate surface area is 360 Å². The smallest absolute Gasteiger partial charge is 0.121 e. The second-order valence-electron chi connectivity index (χ2n) is 17.3. The monoisotopic (exact) mass is 997 g/mol. The van der Waals surface area contributed by atoms with E-state index in [0.717, 1.165) is 62.2 Å². The number of pyridine rings is 2. The Balaban J connectivity index is 0.000000172. The van der Waals surface area contributed by atoms with Crippen molar-refractivity contribution in [2.75, 3.05) is 0 Å². The molecule has 0 spiro atoms. The SMILES string of the molecule is Cc1cc(-c2[c-]cc(-c3ccccc3)cc2)nc[c]1[Ge]([CH3])([CH3])[CH3].[Ir].[c-]1ccc2c(oc3cc(-c4ccccc4)ccc32)c1-c1cc(CC2CC3CCC2CC3)ccn1. The van der Waals surface area contributed by atoms with Gasteiger partial charge in [0.15, 0.2) is 0 Å². The Hall–Kier alpha value is -4.61. The Morgan fingerprint density at radius 1 is 0.690 bits per heavy atom. The first-order chi connectivity index (χ1) is 27.8. The van der Waals surface area contributed by atoms with Crippen molar-refractivity contribution in [3.05, 3.63) is 163 Å². The van der Waals surface area contributed by atoms with E-state index in [4.69, 9.17) is 14.4 Å². The van der Waals surface area contributed by atoms with Crippen LogP contribution < -0.4 is 4.40 Å². The maximum Gasteiger partial charge on any atom is 0.121 e. The van der Waals surface area contributed by atoms with Crippen molar-refractivity contribution in [2.24, 2.45) is 17.8 Å². The van der Waals surface area contributed by atoms with Crippen LogP contribution in [0.2, 0.25) is 17.3 Å². The zero-order valence-corrected chi connectivity index (χ0v) is 38.4. The zero-order valence-electron chi connectivity index (χ0n) is 33.9. The summed E-state index contributed by atoms with van der Waals surface area (Å²) in [5.74, 6) is 9.95. The standard InChI is InChI=1S/C32H28NO.C21H22GeN.Ir/c1-2-5-23(6-3-1)25-13-14-27-28-7-4-8-29(32(28)34-31(27)20-25)30-19-22(15-16-33-30)18-26-17-21-9-11-24(26)12-10-21;1-16-14-21(23-15-20(16)22(2,3)4)19-12-10-18(11-13-19)17-8-6-5-7-9-17;/h1-7,13-16,19-21,24,26H,9-12,17-18H2;5-12,14-15H,1-4H3;/q2*-1;. The predicted molar refractivity (Wildman–Crippen MR) is 240 cm³/mol. The fourth-order valence-electron chi connectivity index (χ4n) is 9.43. The quantitative estimate of drug-likeness (QED) is 0.118. The second kappa shape index (κ2) is 17.3. The number of aryl methyl sites for hydroxylation is 1. The van der Waals surface area contributed by atoms with Crippen LogP contribution in [0.3, 0.4) is 0 Å². The van der Waals surface area contributed by atoms with E-state index in [1.165, 1.54) is 76.3 Å². The number of fused-ring (bicyclic) bond motifs is 6. The number of nitrogens with zero attached hydrogens (tertiary/aromatic N) is 2. The van der Waals surface area contributed by atoms with E-state index < -0.39 is 13.3 Å². The van der Waals surface area contributed by atoms with Gasteiger partial charge in [-0.2, -0.15) is 0 Å². The van der Waals surface area contributed by atoms with Crippen LogP contribution in [-0.2, 0) is 26.5 Å². The minimum atomic E-state index is -1.83. The molecular weight excluding hydrogens is 945 g/mol. The molecule has 293 valence electrons. The summed E-state index contributed by atoms with van der Waals surface area (Å²) in [5.41, 5.74) is 13.3. The van der Waals surface area contributed by atoms with E-state index in [-0.39, 0.29) is 20.1 Å². The molecule has 3 heterocycles. The van der Waals surface area contributed by atoms with Crippen LogP contribution in [0.4, 0.5) is 0 Å². The number of aromatic nitrogens is 2. The third-order valence-corrected chi connectivity index (χ3v) is 16.9. The van der Waals surface area contributed by atoms with Crippen molar-refractivity contribution in [3.63, 3.8) is 0 Å². The van der Waals surface area contributed by atoms with Crippen molar-refractivity contribution in [1.82, 2.24) is 9.97 Å². The largest absolute Gasteiger partial charge is 0.501 e. The molecule has 0 N–H and O–H groups in total. The van der Waals surface area contributed by atoms with Gasteiger partial charge >= 0.3 is 142 Å². The molecule has 5 heteroatoms. The van der Waals surface area contributed by atoms with Crippen molar-refractivity contribution in [3.8, 4) is 44.8 Å². The van der Waals surface area contributed by atoms with Gasteiger partial charge in [0.2, 0.25) is 0 Å². The molecule has 0 aliphatic heterocycles. The van der Waals surface area contributed by atoms with E-state index in [0.29, 0.717) is 0 Å². The molecule has 11 rings (SSSR count). The second-order valence-corrected chi connectivity index (χ2v) is 27.9. The van der Waals surface area contributed by atoms with E-state index in [1.54, 1.807) is 0 Å². The molecule has 3 saturated carbocycles. The molecule has 8 aromatic rings. The first-order valence-corrected chi connectivity index (χ1v) is 28.0. The maximum absolute atomic E-state index is 6.46. The Bertz CT molecular complexity index is 2640. The molecule has 5 aromatic carbocycles. The van der Waals surface area contributed by atoms with Gasteiger partial charge in [0.05, 0.1) is 5.58 Å². The van der Waals surface area contributed by atoms with Crippen LogP contribution in [0, 0.1) is 36.8 Å². The fraction of sp³-hybridized carbons (Fsp3) is 0.245. The Morgan fingerprint density at radius 3 is 2.07 bits per heavy atom. The zero-order chi connectivity index (χ0) is 38.9. The van der Waals surface area contributed by atoms with Gasteiger partial charge in [0.1, 0.15) is 5.58 Å². The van der Waals surface area contributed by atoms with E-state index in [2.05, 4.69) is 152 Å². The molecule has 58 heavy (non-hydrogen) atoms. The number of furan rings is 1. The van der Waals surface area contributed by atoms with Gasteiger partial charge in [-0.1, -0.05) is 77.9 Å². The first kappa shape index (κ1) is 40.2. The van der Waals surface area contributed by atoms with Gasteiger partial charge < -0.3 is 9.40 Å². The summed E-state index contributed by atoms with van der Waals surface area (Å²) >= 11 is -1.83. The van der Waals surface area contributed by atoms with Crippen LogP contribution in [-0.4, -0.2) is 23.2 Å². The summed E-state index contributed by atoms with van der Waals surface area (Å²) < 4.78 is 7.94. The molecule has 3 nitrogen and oxygen atoms in total. The fourth-order valence-corrected chi connectivity index (χ4v) is 13.0. The van der Waals surface area contributed by atoms with Crippen LogP contribution in [0.1, 0.15) is 43.2 Å². The van der Waals surface area contributed by atoms with Crippen LogP contribution >= 0.6 is 0 Å². The number of benzene rings is 5. The maximum atomic E-state index is 6.46. The molecule has 3 aromatic heterocycles. The predicted octanol–water partition coefficient (Wildman–Crippen LogP) is 13.6. The van der Waals surface area contributed by atoms with Crippen molar-refractivity contribution >= 4 is 39.6 Å². The van der Waals surface area contributed by atoms with Gasteiger partial charge in [-0.3, -0.25) is 0 Å². The van der Waals surface area contributed by atoms with Crippen LogP contribution in [0.15, 0.2) is 144 Å². The van der Waals surface area contributed by atoms with Gasteiger partial charge in [0, 0.05) is 31.7 Å². The Morgan fingerprint density at radius 2 is 1.41 bits per heavy atom. The van der Waals surface area contributed by atoms with Gasteiger partial charge in [-0.05, 0) is 72.4 Å².